The predicted molar refractivity (Wildman–Crippen MR) is 146 cm³/mol. The number of nitrogens with zero attached hydrogens (tertiary/aromatic N) is 3. The van der Waals surface area contributed by atoms with Crippen LogP contribution in [-0.2, 0) is 10.7 Å². The molecule has 3 aromatic rings. The van der Waals surface area contributed by atoms with Gasteiger partial charge in [0.2, 0.25) is 5.95 Å². The van der Waals surface area contributed by atoms with Gasteiger partial charge >= 0.3 is 12.1 Å². The van der Waals surface area contributed by atoms with Crippen LogP contribution in [-0.4, -0.2) is 76.5 Å². The Hall–Kier alpha value is -2.95. The lowest BCUT2D eigenvalue weighted by molar-refractivity contribution is -0.137. The second-order valence-corrected chi connectivity index (χ2v) is 13.6. The number of aromatic nitrogens is 3. The molecule has 1 aliphatic carbocycles. The van der Waals surface area contributed by atoms with E-state index >= 15 is 0 Å². The molecule has 1 aliphatic rings. The van der Waals surface area contributed by atoms with E-state index in [2.05, 4.69) is 32.2 Å². The van der Waals surface area contributed by atoms with Crippen molar-refractivity contribution in [1.29, 1.82) is 0 Å². The van der Waals surface area contributed by atoms with Crippen molar-refractivity contribution in [3.63, 3.8) is 0 Å². The monoisotopic (exact) mass is 566 g/mol. The van der Waals surface area contributed by atoms with Gasteiger partial charge in [0.25, 0.3) is 0 Å². The zero-order chi connectivity index (χ0) is 28.5. The second kappa shape index (κ2) is 11.3. The SMILES string of the molecule is CN(CCCCN)[C@H]1CC[C@H](Nc2ncc(C(F)(F)F)c(-c3c[nH]c4c(P(C)(C)=O)c(C(=O)O)ccc34)n2)C1. The lowest BCUT2D eigenvalue weighted by Gasteiger charge is -2.24. The van der Waals surface area contributed by atoms with Crippen molar-refractivity contribution in [3.8, 4) is 11.3 Å². The van der Waals surface area contributed by atoms with Gasteiger partial charge in [0.1, 0.15) is 12.7 Å². The molecule has 5 N–H and O–H groups in total. The van der Waals surface area contributed by atoms with Crippen molar-refractivity contribution in [2.45, 2.75) is 50.4 Å². The molecular weight excluding hydrogens is 532 g/mol. The average Bonchev–Trinajstić information content (AvgIpc) is 3.49. The van der Waals surface area contributed by atoms with Gasteiger partial charge in [0.05, 0.1) is 16.8 Å². The van der Waals surface area contributed by atoms with Crippen LogP contribution in [0.2, 0.25) is 0 Å². The number of carbonyl (C=O) groups is 1. The Morgan fingerprint density at radius 1 is 1.28 bits per heavy atom. The summed E-state index contributed by atoms with van der Waals surface area (Å²) in [6.07, 6.45) is 1.97. The van der Waals surface area contributed by atoms with Crippen LogP contribution in [0.1, 0.15) is 48.0 Å². The molecule has 1 saturated carbocycles. The van der Waals surface area contributed by atoms with Crippen molar-refractivity contribution in [2.24, 2.45) is 5.73 Å². The molecule has 0 spiro atoms. The van der Waals surface area contributed by atoms with Crippen molar-refractivity contribution in [3.05, 3.63) is 35.7 Å². The van der Waals surface area contributed by atoms with Gasteiger partial charge < -0.3 is 30.6 Å². The summed E-state index contributed by atoms with van der Waals surface area (Å²) in [7, 11) is -1.05. The maximum absolute atomic E-state index is 14.0. The molecule has 13 heteroatoms. The topological polar surface area (TPSA) is 137 Å². The molecule has 1 fully saturated rings. The molecule has 2 heterocycles. The van der Waals surface area contributed by atoms with E-state index in [1.165, 1.54) is 31.7 Å². The van der Waals surface area contributed by atoms with Crippen molar-refractivity contribution < 1.29 is 27.6 Å². The van der Waals surface area contributed by atoms with E-state index in [0.717, 1.165) is 44.8 Å². The van der Waals surface area contributed by atoms with E-state index in [1.54, 1.807) is 0 Å². The summed E-state index contributed by atoms with van der Waals surface area (Å²) in [4.78, 5) is 25.2. The number of aromatic carboxylic acids is 1. The van der Waals surface area contributed by atoms with Gasteiger partial charge in [-0.3, -0.25) is 0 Å². The van der Waals surface area contributed by atoms with Crippen LogP contribution in [0.15, 0.2) is 24.5 Å². The van der Waals surface area contributed by atoms with Crippen molar-refractivity contribution >= 4 is 35.3 Å². The van der Waals surface area contributed by atoms with Crippen LogP contribution < -0.4 is 16.4 Å². The zero-order valence-corrected chi connectivity index (χ0v) is 23.1. The third kappa shape index (κ3) is 6.28. The van der Waals surface area contributed by atoms with Crippen LogP contribution in [0.25, 0.3) is 22.2 Å². The Labute approximate surface area is 224 Å². The third-order valence-corrected chi connectivity index (χ3v) is 8.82. The highest BCUT2D eigenvalue weighted by atomic mass is 31.2. The van der Waals surface area contributed by atoms with E-state index in [-0.39, 0.29) is 39.6 Å². The molecule has 212 valence electrons. The Balaban J connectivity index is 1.69. The van der Waals surface area contributed by atoms with Gasteiger partial charge in [0, 0.05) is 40.7 Å². The number of benzene rings is 1. The minimum absolute atomic E-state index is 0.00954. The molecule has 4 rings (SSSR count). The summed E-state index contributed by atoms with van der Waals surface area (Å²) in [5.74, 6) is -1.18. The highest BCUT2D eigenvalue weighted by Crippen LogP contribution is 2.43. The summed E-state index contributed by atoms with van der Waals surface area (Å²) in [5, 5.41) is 13.2. The van der Waals surface area contributed by atoms with E-state index in [9.17, 15) is 27.6 Å². The minimum atomic E-state index is -4.73. The highest BCUT2D eigenvalue weighted by Gasteiger charge is 2.37. The van der Waals surface area contributed by atoms with Gasteiger partial charge in [-0.05, 0) is 71.6 Å². The maximum atomic E-state index is 14.0. The molecule has 0 saturated heterocycles. The Morgan fingerprint density at radius 3 is 2.67 bits per heavy atom. The average molecular weight is 567 g/mol. The number of rotatable bonds is 10. The molecule has 0 amide bonds. The fourth-order valence-corrected chi connectivity index (χ4v) is 6.81. The first-order valence-corrected chi connectivity index (χ1v) is 15.5. The fraction of sp³-hybridized carbons (Fsp3) is 0.500. The molecule has 0 bridgehead atoms. The molecule has 0 radical (unpaired) electrons. The first kappa shape index (κ1) is 29.0. The quantitative estimate of drug-likeness (QED) is 0.207. The number of hydrogen-bond donors (Lipinski definition) is 4. The number of fused-ring (bicyclic) bond motifs is 1. The second-order valence-electron chi connectivity index (χ2n) is 10.5. The molecule has 0 aliphatic heterocycles. The number of carboxylic acids is 1. The van der Waals surface area contributed by atoms with Crippen molar-refractivity contribution in [1.82, 2.24) is 19.9 Å². The molecule has 0 unspecified atom stereocenters. The summed E-state index contributed by atoms with van der Waals surface area (Å²) in [6.45, 7) is 4.44. The third-order valence-electron chi connectivity index (χ3n) is 7.27. The van der Waals surface area contributed by atoms with Crippen LogP contribution in [0, 0.1) is 0 Å². The Morgan fingerprint density at radius 2 is 2.03 bits per heavy atom. The van der Waals surface area contributed by atoms with E-state index < -0.39 is 24.9 Å². The standard InChI is InChI=1S/C26H34F3N6O3P/c1-35(11-5-4-10-30)16-7-6-15(12-16)33-25-32-14-20(26(27,28)29)21(34-25)19-13-31-22-17(19)8-9-18(24(36)37)23(22)39(2,3)38/h8-9,13-16,31H,4-7,10-12,30H2,1-3H3,(H,36,37)(H,32,33,34)/t15-,16-/m0/s1. The summed E-state index contributed by atoms with van der Waals surface area (Å²) in [5.41, 5.74) is 4.42. The van der Waals surface area contributed by atoms with Crippen LogP contribution >= 0.6 is 7.14 Å². The lowest BCUT2D eigenvalue weighted by Crippen LogP contribution is -2.32. The maximum Gasteiger partial charge on any atom is 0.419 e. The minimum Gasteiger partial charge on any atom is -0.478 e. The van der Waals surface area contributed by atoms with Gasteiger partial charge in [-0.1, -0.05) is 6.07 Å². The van der Waals surface area contributed by atoms with E-state index in [4.69, 9.17) is 5.73 Å². The Kier molecular flexibility index (Phi) is 8.39. The number of nitrogens with two attached hydrogens (primary N) is 1. The number of aromatic amines is 1. The fourth-order valence-electron chi connectivity index (χ4n) is 5.34. The first-order valence-electron chi connectivity index (χ1n) is 12.9. The number of halogens is 3. The normalized spacial score (nSPS) is 18.3. The molecule has 2 atom stereocenters. The number of unbranched alkanes of at least 4 members (excludes halogenated alkanes) is 1. The smallest absolute Gasteiger partial charge is 0.419 e. The van der Waals surface area contributed by atoms with Gasteiger partial charge in [-0.15, -0.1) is 0 Å². The molecule has 2 aromatic heterocycles. The van der Waals surface area contributed by atoms with Crippen LogP contribution in [0.3, 0.4) is 0 Å². The number of nitrogens with one attached hydrogen (secondary N) is 2. The van der Waals surface area contributed by atoms with Crippen LogP contribution in [0.4, 0.5) is 19.1 Å². The summed E-state index contributed by atoms with van der Waals surface area (Å²) in [6, 6.07) is 3.05. The number of alkyl halides is 3. The highest BCUT2D eigenvalue weighted by molar-refractivity contribution is 7.70. The van der Waals surface area contributed by atoms with Gasteiger partial charge in [-0.2, -0.15) is 13.2 Å². The Bertz CT molecular complexity index is 1400. The number of anilines is 1. The lowest BCUT2D eigenvalue weighted by atomic mass is 10.0. The van der Waals surface area contributed by atoms with E-state index in [0.29, 0.717) is 18.0 Å². The van der Waals surface area contributed by atoms with Gasteiger partial charge in [0.15, 0.2) is 0 Å². The largest absolute Gasteiger partial charge is 0.478 e. The van der Waals surface area contributed by atoms with Gasteiger partial charge in [-0.25, -0.2) is 14.8 Å². The number of hydrogen-bond acceptors (Lipinski definition) is 7. The van der Waals surface area contributed by atoms with Crippen molar-refractivity contribution in [2.75, 3.05) is 38.8 Å². The molecule has 9 nitrogen and oxygen atoms in total. The molecule has 39 heavy (non-hydrogen) atoms. The number of carboxylic acid groups (broad SMARTS) is 1. The van der Waals surface area contributed by atoms with Crippen LogP contribution in [0.5, 0.6) is 0 Å². The summed E-state index contributed by atoms with van der Waals surface area (Å²) < 4.78 is 55.1. The number of H-pyrrole nitrogens is 1. The molecular formula is C26H34F3N6O3P. The molecule has 1 aromatic carbocycles. The predicted octanol–water partition coefficient (Wildman–Crippen LogP) is 4.59. The zero-order valence-electron chi connectivity index (χ0n) is 22.2. The van der Waals surface area contributed by atoms with E-state index in [1.807, 2.05) is 0 Å². The first-order chi connectivity index (χ1) is 18.3. The summed E-state index contributed by atoms with van der Waals surface area (Å²) >= 11 is 0.